The van der Waals surface area contributed by atoms with Crippen LogP contribution < -0.4 is 11.1 Å². The van der Waals surface area contributed by atoms with Gasteiger partial charge in [-0.05, 0) is 38.1 Å². The fourth-order valence-corrected chi connectivity index (χ4v) is 3.62. The molecule has 130 valence electrons. The average Bonchev–Trinajstić information content (AvgIpc) is 3.17. The van der Waals surface area contributed by atoms with Gasteiger partial charge in [-0.2, -0.15) is 0 Å². The largest absolute Gasteiger partial charge is 0.384 e. The second-order valence-electron chi connectivity index (χ2n) is 6.59. The molecule has 0 spiro atoms. The zero-order valence-electron chi connectivity index (χ0n) is 14.1. The number of nitrogens with zero attached hydrogens (tertiary/aromatic N) is 3. The Hall–Kier alpha value is -2.15. The topological polar surface area (TPSA) is 91.6 Å². The number of nitrogen functional groups attached to an aromatic ring is 1. The first-order valence-corrected chi connectivity index (χ1v) is 8.61. The maximum atomic E-state index is 12.4. The van der Waals surface area contributed by atoms with Crippen LogP contribution in [0.15, 0.2) is 18.3 Å². The van der Waals surface area contributed by atoms with Crippen LogP contribution in [0.1, 0.15) is 26.2 Å². The lowest BCUT2D eigenvalue weighted by molar-refractivity contribution is -0.128. The number of carbonyl (C=O) groups excluding carboxylic acids is 2. The smallest absolute Gasteiger partial charge is 0.229 e. The Balaban J connectivity index is 1.55. The summed E-state index contributed by atoms with van der Waals surface area (Å²) in [7, 11) is 0. The van der Waals surface area contributed by atoms with Gasteiger partial charge in [0.2, 0.25) is 11.8 Å². The predicted octanol–water partition coefficient (Wildman–Crippen LogP) is 0.935. The third kappa shape index (κ3) is 3.67. The number of pyridine rings is 1. The van der Waals surface area contributed by atoms with Gasteiger partial charge in [0.25, 0.3) is 0 Å². The zero-order chi connectivity index (χ0) is 17.1. The van der Waals surface area contributed by atoms with Gasteiger partial charge >= 0.3 is 0 Å². The Bertz CT molecular complexity index is 604. The van der Waals surface area contributed by atoms with Crippen molar-refractivity contribution in [2.45, 2.75) is 32.2 Å². The summed E-state index contributed by atoms with van der Waals surface area (Å²) < 4.78 is 0. The molecule has 0 aromatic carbocycles. The first-order valence-electron chi connectivity index (χ1n) is 8.61. The molecular weight excluding hydrogens is 306 g/mol. The third-order valence-corrected chi connectivity index (χ3v) is 4.98. The van der Waals surface area contributed by atoms with Crippen LogP contribution in [0.3, 0.4) is 0 Å². The Morgan fingerprint density at radius 1 is 1.46 bits per heavy atom. The van der Waals surface area contributed by atoms with Crippen LogP contribution in [0, 0.1) is 5.92 Å². The third-order valence-electron chi connectivity index (χ3n) is 4.98. The normalized spacial score (nSPS) is 24.5. The van der Waals surface area contributed by atoms with E-state index in [-0.39, 0.29) is 24.2 Å². The molecule has 0 saturated carbocycles. The van der Waals surface area contributed by atoms with Gasteiger partial charge in [0.1, 0.15) is 5.82 Å². The van der Waals surface area contributed by atoms with Crippen LogP contribution in [0.4, 0.5) is 11.5 Å². The molecule has 3 heterocycles. The highest BCUT2D eigenvalue weighted by Gasteiger charge is 2.36. The number of hydrogen-bond donors (Lipinski definition) is 2. The molecule has 2 saturated heterocycles. The molecule has 0 aliphatic carbocycles. The number of rotatable bonds is 5. The van der Waals surface area contributed by atoms with Gasteiger partial charge < -0.3 is 16.0 Å². The number of nitrogens with one attached hydrogen (secondary N) is 1. The highest BCUT2D eigenvalue weighted by atomic mass is 16.2. The number of anilines is 2. The fourth-order valence-electron chi connectivity index (χ4n) is 3.62. The van der Waals surface area contributed by atoms with E-state index in [0.717, 1.165) is 26.1 Å². The predicted molar refractivity (Wildman–Crippen MR) is 92.2 cm³/mol. The molecule has 3 rings (SSSR count). The minimum atomic E-state index is -0.300. The lowest BCUT2D eigenvalue weighted by Crippen LogP contribution is -2.41. The lowest BCUT2D eigenvalue weighted by atomic mass is 10.1. The SMILES string of the molecule is CCN1CCC[C@@H]1CN1C[C@H](C(=O)Nc2ccc(N)nc2)CC1=O. The summed E-state index contributed by atoms with van der Waals surface area (Å²) in [6.07, 6.45) is 4.13. The first-order chi connectivity index (χ1) is 11.6. The van der Waals surface area contributed by atoms with Crippen molar-refractivity contribution in [1.29, 1.82) is 0 Å². The van der Waals surface area contributed by atoms with Gasteiger partial charge in [-0.1, -0.05) is 6.92 Å². The molecule has 24 heavy (non-hydrogen) atoms. The van der Waals surface area contributed by atoms with Gasteiger partial charge in [0.15, 0.2) is 0 Å². The standard InChI is InChI=1S/C17H25N5O2/c1-2-21-7-3-4-14(21)11-22-10-12(8-16(22)23)17(24)20-13-5-6-15(18)19-9-13/h5-6,9,12,14H,2-4,7-8,10-11H2,1H3,(H2,18,19)(H,20,24)/t12-,14-/m1/s1. The van der Waals surface area contributed by atoms with Gasteiger partial charge in [-0.15, -0.1) is 0 Å². The van der Waals surface area contributed by atoms with E-state index in [1.807, 2.05) is 4.90 Å². The van der Waals surface area contributed by atoms with E-state index < -0.39 is 0 Å². The van der Waals surface area contributed by atoms with Crippen molar-refractivity contribution in [2.24, 2.45) is 5.92 Å². The Morgan fingerprint density at radius 2 is 2.29 bits per heavy atom. The van der Waals surface area contributed by atoms with E-state index in [9.17, 15) is 9.59 Å². The number of amides is 2. The quantitative estimate of drug-likeness (QED) is 0.838. The van der Waals surface area contributed by atoms with E-state index in [4.69, 9.17) is 5.73 Å². The Labute approximate surface area is 142 Å². The number of hydrogen-bond acceptors (Lipinski definition) is 5. The average molecular weight is 331 g/mol. The van der Waals surface area contributed by atoms with E-state index >= 15 is 0 Å². The van der Waals surface area contributed by atoms with E-state index in [1.165, 1.54) is 12.6 Å². The summed E-state index contributed by atoms with van der Waals surface area (Å²) in [5, 5.41) is 2.82. The molecule has 2 aliphatic rings. The first kappa shape index (κ1) is 16.7. The molecule has 2 amide bonds. The van der Waals surface area contributed by atoms with Crippen LogP contribution in [-0.4, -0.2) is 58.8 Å². The van der Waals surface area contributed by atoms with Crippen LogP contribution in [-0.2, 0) is 9.59 Å². The van der Waals surface area contributed by atoms with Crippen molar-refractivity contribution < 1.29 is 9.59 Å². The van der Waals surface area contributed by atoms with Crippen molar-refractivity contribution in [3.8, 4) is 0 Å². The second kappa shape index (κ2) is 7.17. The molecule has 2 fully saturated rings. The van der Waals surface area contributed by atoms with Crippen molar-refractivity contribution in [1.82, 2.24) is 14.8 Å². The summed E-state index contributed by atoms with van der Waals surface area (Å²) in [6.45, 7) is 5.51. The molecule has 0 bridgehead atoms. The van der Waals surface area contributed by atoms with Crippen LogP contribution >= 0.6 is 0 Å². The number of likely N-dealkylation sites (tertiary alicyclic amines) is 2. The molecular formula is C17H25N5O2. The summed E-state index contributed by atoms with van der Waals surface area (Å²) in [5.74, 6) is 0.0588. The molecule has 2 atom stereocenters. The van der Waals surface area contributed by atoms with Crippen molar-refractivity contribution in [3.63, 3.8) is 0 Å². The van der Waals surface area contributed by atoms with Crippen LogP contribution in [0.5, 0.6) is 0 Å². The maximum absolute atomic E-state index is 12.4. The summed E-state index contributed by atoms with van der Waals surface area (Å²) in [4.78, 5) is 32.9. The minimum Gasteiger partial charge on any atom is -0.384 e. The van der Waals surface area contributed by atoms with Crippen LogP contribution in [0.2, 0.25) is 0 Å². The molecule has 2 aliphatic heterocycles. The van der Waals surface area contributed by atoms with Gasteiger partial charge in [-0.3, -0.25) is 14.5 Å². The highest BCUT2D eigenvalue weighted by Crippen LogP contribution is 2.24. The number of aromatic nitrogens is 1. The molecule has 0 unspecified atom stereocenters. The lowest BCUT2D eigenvalue weighted by Gasteiger charge is -2.27. The zero-order valence-corrected chi connectivity index (χ0v) is 14.1. The second-order valence-corrected chi connectivity index (χ2v) is 6.59. The molecule has 3 N–H and O–H groups in total. The number of likely N-dealkylation sites (N-methyl/N-ethyl adjacent to an activating group) is 1. The summed E-state index contributed by atoms with van der Waals surface area (Å²) >= 11 is 0. The highest BCUT2D eigenvalue weighted by molar-refractivity contribution is 5.97. The molecule has 7 nitrogen and oxygen atoms in total. The Kier molecular flexibility index (Phi) is 4.99. The Morgan fingerprint density at radius 3 is 3.00 bits per heavy atom. The van der Waals surface area contributed by atoms with E-state index in [0.29, 0.717) is 24.1 Å². The monoisotopic (exact) mass is 331 g/mol. The maximum Gasteiger partial charge on any atom is 0.229 e. The number of carbonyl (C=O) groups is 2. The van der Waals surface area contributed by atoms with Crippen LogP contribution in [0.25, 0.3) is 0 Å². The summed E-state index contributed by atoms with van der Waals surface area (Å²) in [6, 6.07) is 3.79. The molecule has 0 radical (unpaired) electrons. The fraction of sp³-hybridized carbons (Fsp3) is 0.588. The number of nitrogens with two attached hydrogens (primary N) is 1. The van der Waals surface area contributed by atoms with Gasteiger partial charge in [0, 0.05) is 25.6 Å². The van der Waals surface area contributed by atoms with Crippen molar-refractivity contribution in [3.05, 3.63) is 18.3 Å². The van der Waals surface area contributed by atoms with Gasteiger partial charge in [-0.25, -0.2) is 4.98 Å². The van der Waals surface area contributed by atoms with Crippen molar-refractivity contribution >= 4 is 23.3 Å². The van der Waals surface area contributed by atoms with E-state index in [1.54, 1.807) is 12.1 Å². The molecule has 7 heteroatoms. The van der Waals surface area contributed by atoms with Crippen molar-refractivity contribution in [2.75, 3.05) is 37.2 Å². The summed E-state index contributed by atoms with van der Waals surface area (Å²) in [5.41, 5.74) is 6.14. The molecule has 1 aromatic rings. The van der Waals surface area contributed by atoms with E-state index in [2.05, 4.69) is 22.1 Å². The molecule has 1 aromatic heterocycles. The minimum absolute atomic E-state index is 0.0773. The van der Waals surface area contributed by atoms with Gasteiger partial charge in [0.05, 0.1) is 17.8 Å².